The molecule has 3 nitrogen and oxygen atoms in total. The highest BCUT2D eigenvalue weighted by atomic mass is 79.9. The fourth-order valence-corrected chi connectivity index (χ4v) is 1.86. The maximum absolute atomic E-state index is 5.60. The van der Waals surface area contributed by atoms with Gasteiger partial charge in [-0.1, -0.05) is 0 Å². The van der Waals surface area contributed by atoms with E-state index in [0.717, 1.165) is 21.6 Å². The molecule has 0 amide bonds. The average Bonchev–Trinajstić information content (AvgIpc) is 2.39. The summed E-state index contributed by atoms with van der Waals surface area (Å²) in [5, 5.41) is 3.33. The molecule has 0 aliphatic heterocycles. The highest BCUT2D eigenvalue weighted by molar-refractivity contribution is 9.10. The number of benzene rings is 1. The molecule has 0 aliphatic rings. The summed E-state index contributed by atoms with van der Waals surface area (Å²) in [6.07, 6.45) is 2.00. The number of ether oxygens (including phenoxy) is 1. The predicted octanol–water partition coefficient (Wildman–Crippen LogP) is 4.24. The van der Waals surface area contributed by atoms with Crippen molar-refractivity contribution >= 4 is 21.6 Å². The van der Waals surface area contributed by atoms with Crippen molar-refractivity contribution in [1.29, 1.82) is 0 Å². The minimum Gasteiger partial charge on any atom is -0.491 e. The van der Waals surface area contributed by atoms with E-state index >= 15 is 0 Å². The quantitative estimate of drug-likeness (QED) is 0.894. The van der Waals surface area contributed by atoms with Gasteiger partial charge in [0.25, 0.3) is 0 Å². The van der Waals surface area contributed by atoms with Crippen LogP contribution in [0.25, 0.3) is 0 Å². The van der Waals surface area contributed by atoms with Gasteiger partial charge in [-0.25, -0.2) is 0 Å². The molecule has 1 aromatic carbocycles. The number of nitrogens with zero attached hydrogens (tertiary/aromatic N) is 1. The molecule has 0 atom stereocenters. The lowest BCUT2D eigenvalue weighted by Crippen LogP contribution is -2.05. The molecular weight excluding hydrogens is 304 g/mol. The van der Waals surface area contributed by atoms with E-state index in [9.17, 15) is 0 Å². The lowest BCUT2D eigenvalue weighted by molar-refractivity contribution is 0.242. The number of aromatic nitrogens is 1. The molecule has 4 heteroatoms. The van der Waals surface area contributed by atoms with Crippen molar-refractivity contribution in [2.45, 2.75) is 26.5 Å². The van der Waals surface area contributed by atoms with Crippen LogP contribution in [0.2, 0.25) is 0 Å². The summed E-state index contributed by atoms with van der Waals surface area (Å²) in [6.45, 7) is 4.74. The fourth-order valence-electron chi connectivity index (χ4n) is 1.63. The van der Waals surface area contributed by atoms with Gasteiger partial charge in [-0.15, -0.1) is 0 Å². The lowest BCUT2D eigenvalue weighted by Gasteiger charge is -2.11. The molecule has 0 radical (unpaired) electrons. The maximum atomic E-state index is 5.60. The van der Waals surface area contributed by atoms with Crippen LogP contribution in [0.3, 0.4) is 0 Å². The summed E-state index contributed by atoms with van der Waals surface area (Å²) in [5.41, 5.74) is 2.06. The molecule has 100 valence electrons. The van der Waals surface area contributed by atoms with Gasteiger partial charge in [-0.05, 0) is 66.2 Å². The van der Waals surface area contributed by atoms with Crippen LogP contribution >= 0.6 is 15.9 Å². The van der Waals surface area contributed by atoms with Crippen molar-refractivity contribution < 1.29 is 4.74 Å². The van der Waals surface area contributed by atoms with E-state index in [2.05, 4.69) is 26.2 Å². The number of rotatable bonds is 5. The zero-order valence-electron chi connectivity index (χ0n) is 11.1. The SMILES string of the molecule is CC(C)Oc1ccc(NCc2ccc(Br)cn2)cc1. The first-order valence-corrected chi connectivity index (χ1v) is 7.04. The minimum atomic E-state index is 0.200. The van der Waals surface area contributed by atoms with Crippen molar-refractivity contribution in [1.82, 2.24) is 4.98 Å². The summed E-state index contributed by atoms with van der Waals surface area (Å²) in [4.78, 5) is 4.32. The summed E-state index contributed by atoms with van der Waals surface area (Å²) in [7, 11) is 0. The van der Waals surface area contributed by atoms with Crippen LogP contribution in [0.4, 0.5) is 5.69 Å². The Morgan fingerprint density at radius 2 is 1.89 bits per heavy atom. The molecule has 0 bridgehead atoms. The minimum absolute atomic E-state index is 0.200. The van der Waals surface area contributed by atoms with Crippen LogP contribution in [-0.4, -0.2) is 11.1 Å². The van der Waals surface area contributed by atoms with Gasteiger partial charge in [0.1, 0.15) is 5.75 Å². The molecule has 0 fully saturated rings. The second-order valence-corrected chi connectivity index (χ2v) is 5.43. The first kappa shape index (κ1) is 13.9. The number of halogens is 1. The normalized spacial score (nSPS) is 10.5. The van der Waals surface area contributed by atoms with E-state index in [1.54, 1.807) is 6.20 Å². The molecule has 2 aromatic rings. The van der Waals surface area contributed by atoms with Crippen molar-refractivity contribution in [3.05, 3.63) is 52.8 Å². The molecule has 19 heavy (non-hydrogen) atoms. The molecule has 0 saturated heterocycles. The smallest absolute Gasteiger partial charge is 0.119 e. The second-order valence-electron chi connectivity index (χ2n) is 4.51. The van der Waals surface area contributed by atoms with E-state index in [1.165, 1.54) is 0 Å². The van der Waals surface area contributed by atoms with Crippen LogP contribution < -0.4 is 10.1 Å². The standard InChI is InChI=1S/C15H17BrN2O/c1-11(2)19-15-7-5-13(6-8-15)18-10-14-4-3-12(16)9-17-14/h3-9,11,18H,10H2,1-2H3. The summed E-state index contributed by atoms with van der Waals surface area (Å²) in [5.74, 6) is 0.891. The molecule has 1 heterocycles. The van der Waals surface area contributed by atoms with Gasteiger partial charge in [0.2, 0.25) is 0 Å². The molecule has 0 unspecified atom stereocenters. The van der Waals surface area contributed by atoms with E-state index in [0.29, 0.717) is 6.54 Å². The zero-order valence-corrected chi connectivity index (χ0v) is 12.6. The van der Waals surface area contributed by atoms with E-state index in [4.69, 9.17) is 4.74 Å². The summed E-state index contributed by atoms with van der Waals surface area (Å²) in [6, 6.07) is 11.9. The summed E-state index contributed by atoms with van der Waals surface area (Å²) < 4.78 is 6.59. The second kappa shape index (κ2) is 6.57. The Kier molecular flexibility index (Phi) is 4.80. The van der Waals surface area contributed by atoms with Crippen LogP contribution in [0.5, 0.6) is 5.75 Å². The van der Waals surface area contributed by atoms with Gasteiger partial charge in [0, 0.05) is 16.4 Å². The van der Waals surface area contributed by atoms with Gasteiger partial charge in [-0.3, -0.25) is 4.98 Å². The van der Waals surface area contributed by atoms with Gasteiger partial charge >= 0.3 is 0 Å². The average molecular weight is 321 g/mol. The van der Waals surface area contributed by atoms with Crippen molar-refractivity contribution in [3.63, 3.8) is 0 Å². The number of pyridine rings is 1. The third kappa shape index (κ3) is 4.56. The highest BCUT2D eigenvalue weighted by Crippen LogP contribution is 2.17. The lowest BCUT2D eigenvalue weighted by atomic mass is 10.3. The van der Waals surface area contributed by atoms with Crippen molar-refractivity contribution in [2.75, 3.05) is 5.32 Å². The Balaban J connectivity index is 1.91. The molecule has 1 aromatic heterocycles. The van der Waals surface area contributed by atoms with Crippen LogP contribution in [-0.2, 0) is 6.54 Å². The van der Waals surface area contributed by atoms with Gasteiger partial charge in [-0.2, -0.15) is 0 Å². The topological polar surface area (TPSA) is 34.1 Å². The number of anilines is 1. The van der Waals surface area contributed by atoms with Crippen molar-refractivity contribution in [3.8, 4) is 5.75 Å². The monoisotopic (exact) mass is 320 g/mol. The number of nitrogens with one attached hydrogen (secondary N) is 1. The number of hydrogen-bond donors (Lipinski definition) is 1. The van der Waals surface area contributed by atoms with Gasteiger partial charge in [0.05, 0.1) is 18.3 Å². The van der Waals surface area contributed by atoms with Crippen LogP contribution in [0, 0.1) is 0 Å². The number of hydrogen-bond acceptors (Lipinski definition) is 3. The van der Waals surface area contributed by atoms with E-state index < -0.39 is 0 Å². The third-order valence-electron chi connectivity index (χ3n) is 2.49. The first-order valence-electron chi connectivity index (χ1n) is 6.24. The van der Waals surface area contributed by atoms with E-state index in [1.807, 2.05) is 50.2 Å². The zero-order chi connectivity index (χ0) is 13.7. The van der Waals surface area contributed by atoms with Crippen LogP contribution in [0.1, 0.15) is 19.5 Å². The Labute approximate surface area is 122 Å². The molecule has 1 N–H and O–H groups in total. The first-order chi connectivity index (χ1) is 9.13. The van der Waals surface area contributed by atoms with Crippen LogP contribution in [0.15, 0.2) is 47.1 Å². The Morgan fingerprint density at radius 1 is 1.16 bits per heavy atom. The fraction of sp³-hybridized carbons (Fsp3) is 0.267. The molecule has 0 saturated carbocycles. The Hall–Kier alpha value is -1.55. The molecule has 0 aliphatic carbocycles. The third-order valence-corrected chi connectivity index (χ3v) is 2.96. The molecular formula is C15H17BrN2O. The van der Waals surface area contributed by atoms with Gasteiger partial charge in [0.15, 0.2) is 0 Å². The summed E-state index contributed by atoms with van der Waals surface area (Å²) >= 11 is 3.37. The molecule has 0 spiro atoms. The van der Waals surface area contributed by atoms with E-state index in [-0.39, 0.29) is 6.10 Å². The Morgan fingerprint density at radius 3 is 2.47 bits per heavy atom. The highest BCUT2D eigenvalue weighted by Gasteiger charge is 1.99. The van der Waals surface area contributed by atoms with Crippen molar-refractivity contribution in [2.24, 2.45) is 0 Å². The maximum Gasteiger partial charge on any atom is 0.119 e. The predicted molar refractivity (Wildman–Crippen MR) is 81.5 cm³/mol. The van der Waals surface area contributed by atoms with Gasteiger partial charge < -0.3 is 10.1 Å². The largest absolute Gasteiger partial charge is 0.491 e. The molecule has 2 rings (SSSR count). The Bertz CT molecular complexity index is 509.